The molecular weight excluding hydrogens is 268 g/mol. The standard InChI is InChI=1S/C16H22N2O3/c1-11(19)12-4-7-15(21-3)13(8-12)9-18(2)10-16(20)17-14-5-6-14/h4,7-8,14H,5-6,9-10H2,1-3H3,(H,17,20)/p+1. The van der Waals surface area contributed by atoms with Crippen LogP contribution in [0.1, 0.15) is 35.7 Å². The summed E-state index contributed by atoms with van der Waals surface area (Å²) >= 11 is 0. The van der Waals surface area contributed by atoms with Crippen LogP contribution >= 0.6 is 0 Å². The van der Waals surface area contributed by atoms with E-state index in [0.717, 1.165) is 29.1 Å². The average molecular weight is 291 g/mol. The molecule has 1 saturated carbocycles. The fourth-order valence-corrected chi connectivity index (χ4v) is 2.30. The molecular formula is C16H23N2O3+. The predicted octanol–water partition coefficient (Wildman–Crippen LogP) is 0.191. The number of methoxy groups -OCH3 is 1. The molecule has 2 N–H and O–H groups in total. The van der Waals surface area contributed by atoms with Crippen molar-refractivity contribution in [3.8, 4) is 5.75 Å². The number of ether oxygens (including phenoxy) is 1. The molecule has 1 fully saturated rings. The van der Waals surface area contributed by atoms with E-state index in [1.807, 2.05) is 19.2 Å². The first kappa shape index (κ1) is 15.5. The Morgan fingerprint density at radius 3 is 2.67 bits per heavy atom. The highest BCUT2D eigenvalue weighted by Gasteiger charge is 2.24. The number of carbonyl (C=O) groups excluding carboxylic acids is 2. The smallest absolute Gasteiger partial charge is 0.275 e. The summed E-state index contributed by atoms with van der Waals surface area (Å²) < 4.78 is 5.34. The van der Waals surface area contributed by atoms with E-state index in [0.29, 0.717) is 24.7 Å². The van der Waals surface area contributed by atoms with Gasteiger partial charge < -0.3 is 15.0 Å². The molecule has 1 aliphatic carbocycles. The lowest BCUT2D eigenvalue weighted by molar-refractivity contribution is -0.885. The fourth-order valence-electron chi connectivity index (χ4n) is 2.30. The second kappa shape index (κ2) is 6.72. The van der Waals surface area contributed by atoms with Crippen molar-refractivity contribution in [2.45, 2.75) is 32.4 Å². The molecule has 1 atom stereocenters. The lowest BCUT2D eigenvalue weighted by Crippen LogP contribution is -3.08. The number of hydrogen-bond donors (Lipinski definition) is 2. The second-order valence-electron chi connectivity index (χ2n) is 5.74. The van der Waals surface area contributed by atoms with Crippen LogP contribution in [0.4, 0.5) is 0 Å². The lowest BCUT2D eigenvalue weighted by Gasteiger charge is -2.16. The van der Waals surface area contributed by atoms with Gasteiger partial charge in [0, 0.05) is 17.2 Å². The van der Waals surface area contributed by atoms with Gasteiger partial charge in [0.25, 0.3) is 5.91 Å². The molecule has 114 valence electrons. The monoisotopic (exact) mass is 291 g/mol. The Bertz CT molecular complexity index is 538. The molecule has 1 aromatic carbocycles. The topological polar surface area (TPSA) is 59.8 Å². The van der Waals surface area contributed by atoms with Crippen molar-refractivity contribution in [2.24, 2.45) is 0 Å². The van der Waals surface area contributed by atoms with Crippen LogP contribution in [0.2, 0.25) is 0 Å². The minimum absolute atomic E-state index is 0.0306. The van der Waals surface area contributed by atoms with Crippen LogP contribution in [-0.4, -0.2) is 38.4 Å². The van der Waals surface area contributed by atoms with Gasteiger partial charge in [-0.15, -0.1) is 0 Å². The van der Waals surface area contributed by atoms with E-state index in [4.69, 9.17) is 4.74 Å². The Hall–Kier alpha value is -1.88. The van der Waals surface area contributed by atoms with Crippen LogP contribution < -0.4 is 15.0 Å². The van der Waals surface area contributed by atoms with Gasteiger partial charge in [-0.1, -0.05) is 0 Å². The molecule has 5 nitrogen and oxygen atoms in total. The zero-order valence-corrected chi connectivity index (χ0v) is 12.9. The van der Waals surface area contributed by atoms with Crippen molar-refractivity contribution >= 4 is 11.7 Å². The summed E-state index contributed by atoms with van der Waals surface area (Å²) in [6, 6.07) is 5.81. The number of carbonyl (C=O) groups is 2. The third-order valence-electron chi connectivity index (χ3n) is 3.58. The number of nitrogens with one attached hydrogen (secondary N) is 2. The van der Waals surface area contributed by atoms with Gasteiger partial charge in [-0.05, 0) is 38.0 Å². The highest BCUT2D eigenvalue weighted by Crippen LogP contribution is 2.19. The first-order chi connectivity index (χ1) is 9.99. The number of amides is 1. The molecule has 1 unspecified atom stereocenters. The van der Waals surface area contributed by atoms with Gasteiger partial charge in [-0.2, -0.15) is 0 Å². The summed E-state index contributed by atoms with van der Waals surface area (Å²) in [6.45, 7) is 2.61. The van der Waals surface area contributed by atoms with Crippen molar-refractivity contribution in [1.82, 2.24) is 5.32 Å². The molecule has 0 heterocycles. The van der Waals surface area contributed by atoms with E-state index in [9.17, 15) is 9.59 Å². The second-order valence-corrected chi connectivity index (χ2v) is 5.74. The Morgan fingerprint density at radius 1 is 1.38 bits per heavy atom. The Labute approximate surface area is 125 Å². The highest BCUT2D eigenvalue weighted by atomic mass is 16.5. The molecule has 0 radical (unpaired) electrons. The number of ketones is 1. The maximum Gasteiger partial charge on any atom is 0.275 e. The van der Waals surface area contributed by atoms with E-state index in [1.165, 1.54) is 0 Å². The van der Waals surface area contributed by atoms with Gasteiger partial charge >= 0.3 is 0 Å². The van der Waals surface area contributed by atoms with Gasteiger partial charge in [0.1, 0.15) is 12.3 Å². The quantitative estimate of drug-likeness (QED) is 0.705. The summed E-state index contributed by atoms with van der Waals surface area (Å²) in [5.74, 6) is 0.863. The van der Waals surface area contributed by atoms with Gasteiger partial charge in [0.2, 0.25) is 0 Å². The largest absolute Gasteiger partial charge is 0.496 e. The minimum atomic E-state index is 0.0306. The molecule has 5 heteroatoms. The number of benzene rings is 1. The molecule has 0 spiro atoms. The van der Waals surface area contributed by atoms with Crippen molar-refractivity contribution < 1.29 is 19.2 Å². The fraction of sp³-hybridized carbons (Fsp3) is 0.500. The van der Waals surface area contributed by atoms with E-state index >= 15 is 0 Å². The molecule has 0 bridgehead atoms. The molecule has 1 aromatic rings. The van der Waals surface area contributed by atoms with Crippen molar-refractivity contribution in [3.63, 3.8) is 0 Å². The van der Waals surface area contributed by atoms with Gasteiger partial charge in [-0.3, -0.25) is 9.59 Å². The minimum Gasteiger partial charge on any atom is -0.496 e. The van der Waals surface area contributed by atoms with Gasteiger partial charge in [0.05, 0.1) is 14.2 Å². The van der Waals surface area contributed by atoms with E-state index < -0.39 is 0 Å². The molecule has 21 heavy (non-hydrogen) atoms. The Balaban J connectivity index is 2.00. The number of hydrogen-bond acceptors (Lipinski definition) is 3. The molecule has 0 aliphatic heterocycles. The maximum atomic E-state index is 11.8. The summed E-state index contributed by atoms with van der Waals surface area (Å²) in [4.78, 5) is 24.3. The van der Waals surface area contributed by atoms with Crippen molar-refractivity contribution in [3.05, 3.63) is 29.3 Å². The van der Waals surface area contributed by atoms with Crippen LogP contribution in [0, 0.1) is 0 Å². The Kier molecular flexibility index (Phi) is 4.96. The van der Waals surface area contributed by atoms with Crippen LogP contribution in [0.15, 0.2) is 18.2 Å². The molecule has 2 rings (SSSR count). The highest BCUT2D eigenvalue weighted by molar-refractivity contribution is 5.94. The molecule has 0 saturated heterocycles. The van der Waals surface area contributed by atoms with Crippen molar-refractivity contribution in [2.75, 3.05) is 20.7 Å². The Morgan fingerprint density at radius 2 is 2.10 bits per heavy atom. The zero-order valence-electron chi connectivity index (χ0n) is 12.9. The van der Waals surface area contributed by atoms with E-state index in [2.05, 4.69) is 5.32 Å². The number of Topliss-reactive ketones (excluding diaryl/α,β-unsaturated/α-hetero) is 1. The predicted molar refractivity (Wildman–Crippen MR) is 79.6 cm³/mol. The summed E-state index contributed by atoms with van der Waals surface area (Å²) in [5.41, 5.74) is 1.61. The lowest BCUT2D eigenvalue weighted by atomic mass is 10.1. The molecule has 0 aromatic heterocycles. The number of quaternary nitrogens is 1. The van der Waals surface area contributed by atoms with Gasteiger partial charge in [-0.25, -0.2) is 0 Å². The third kappa shape index (κ3) is 4.56. The normalized spacial score (nSPS) is 15.4. The number of likely N-dealkylation sites (N-methyl/N-ethyl adjacent to an activating group) is 1. The molecule has 1 aliphatic rings. The number of rotatable bonds is 7. The summed E-state index contributed by atoms with van der Waals surface area (Å²) in [6.07, 6.45) is 2.19. The van der Waals surface area contributed by atoms with E-state index in [1.54, 1.807) is 20.1 Å². The molecule has 1 amide bonds. The summed E-state index contributed by atoms with van der Waals surface area (Å²) in [7, 11) is 3.58. The maximum absolute atomic E-state index is 11.8. The average Bonchev–Trinajstić information content (AvgIpc) is 3.21. The van der Waals surface area contributed by atoms with E-state index in [-0.39, 0.29) is 11.7 Å². The summed E-state index contributed by atoms with van der Waals surface area (Å²) in [5, 5.41) is 2.98. The first-order valence-corrected chi connectivity index (χ1v) is 7.28. The SMILES string of the molecule is COc1ccc(C(C)=O)cc1C[NH+](C)CC(=O)NC1CC1. The van der Waals surface area contributed by atoms with Gasteiger partial charge in [0.15, 0.2) is 12.3 Å². The van der Waals surface area contributed by atoms with Crippen LogP contribution in [0.3, 0.4) is 0 Å². The van der Waals surface area contributed by atoms with Crippen LogP contribution in [-0.2, 0) is 11.3 Å². The van der Waals surface area contributed by atoms with Crippen molar-refractivity contribution in [1.29, 1.82) is 0 Å². The van der Waals surface area contributed by atoms with Crippen LogP contribution in [0.25, 0.3) is 0 Å². The third-order valence-corrected chi connectivity index (χ3v) is 3.58. The van der Waals surface area contributed by atoms with Crippen LogP contribution in [0.5, 0.6) is 5.75 Å². The zero-order chi connectivity index (χ0) is 15.4. The first-order valence-electron chi connectivity index (χ1n) is 7.28.